The molecule has 0 saturated heterocycles. The summed E-state index contributed by atoms with van der Waals surface area (Å²) in [5.41, 5.74) is 1.89. The summed E-state index contributed by atoms with van der Waals surface area (Å²) < 4.78 is 0. The number of aryl methyl sites for hydroxylation is 1. The molecule has 0 heterocycles. The van der Waals surface area contributed by atoms with Crippen molar-refractivity contribution < 1.29 is 4.79 Å². The van der Waals surface area contributed by atoms with Gasteiger partial charge in [-0.2, -0.15) is 0 Å². The predicted octanol–water partition coefficient (Wildman–Crippen LogP) is 2.54. The molecule has 0 aliphatic heterocycles. The molecule has 88 valence electrons. The van der Waals surface area contributed by atoms with Crippen molar-refractivity contribution in [3.8, 4) is 0 Å². The van der Waals surface area contributed by atoms with Gasteiger partial charge in [-0.05, 0) is 31.5 Å². The standard InChI is InChI=1S/C12H17ClN2O/c1-8-5-6-11(10(13)7-8)14-9(2)12(16)15(3)4/h5-7,9,14H,1-4H3. The van der Waals surface area contributed by atoms with Gasteiger partial charge in [0.15, 0.2) is 0 Å². The number of hydrogen-bond donors (Lipinski definition) is 1. The lowest BCUT2D eigenvalue weighted by Crippen LogP contribution is -2.36. The molecule has 1 aromatic rings. The van der Waals surface area contributed by atoms with Crippen LogP contribution in [0, 0.1) is 6.92 Å². The van der Waals surface area contributed by atoms with Crippen LogP contribution in [0.1, 0.15) is 12.5 Å². The van der Waals surface area contributed by atoms with Crippen LogP contribution in [-0.4, -0.2) is 30.9 Å². The lowest BCUT2D eigenvalue weighted by atomic mass is 10.2. The molecule has 4 heteroatoms. The monoisotopic (exact) mass is 240 g/mol. The lowest BCUT2D eigenvalue weighted by Gasteiger charge is -2.19. The predicted molar refractivity (Wildman–Crippen MR) is 68.0 cm³/mol. The van der Waals surface area contributed by atoms with Gasteiger partial charge in [-0.1, -0.05) is 17.7 Å². The van der Waals surface area contributed by atoms with E-state index in [0.717, 1.165) is 11.3 Å². The van der Waals surface area contributed by atoms with Crippen LogP contribution in [0.15, 0.2) is 18.2 Å². The fraction of sp³-hybridized carbons (Fsp3) is 0.417. The average molecular weight is 241 g/mol. The Morgan fingerprint density at radius 2 is 2.06 bits per heavy atom. The van der Waals surface area contributed by atoms with Crippen LogP contribution < -0.4 is 5.32 Å². The van der Waals surface area contributed by atoms with Crippen molar-refractivity contribution in [2.24, 2.45) is 0 Å². The molecule has 0 aromatic heterocycles. The summed E-state index contributed by atoms with van der Waals surface area (Å²) in [6, 6.07) is 5.43. The zero-order valence-corrected chi connectivity index (χ0v) is 10.8. The van der Waals surface area contributed by atoms with Crippen LogP contribution in [0.4, 0.5) is 5.69 Å². The minimum absolute atomic E-state index is 0.0247. The van der Waals surface area contributed by atoms with Gasteiger partial charge in [-0.25, -0.2) is 0 Å². The summed E-state index contributed by atoms with van der Waals surface area (Å²) in [5.74, 6) is 0.0247. The molecule has 0 radical (unpaired) electrons. The maximum Gasteiger partial charge on any atom is 0.244 e. The van der Waals surface area contributed by atoms with Gasteiger partial charge in [0.2, 0.25) is 5.91 Å². The lowest BCUT2D eigenvalue weighted by molar-refractivity contribution is -0.129. The molecule has 0 bridgehead atoms. The van der Waals surface area contributed by atoms with Crippen molar-refractivity contribution in [1.82, 2.24) is 4.90 Å². The van der Waals surface area contributed by atoms with Crippen LogP contribution in [0.25, 0.3) is 0 Å². The first kappa shape index (κ1) is 12.8. The zero-order valence-electron chi connectivity index (χ0n) is 10.0. The first-order valence-corrected chi connectivity index (χ1v) is 5.53. The van der Waals surface area contributed by atoms with Crippen LogP contribution in [0.5, 0.6) is 0 Å². The summed E-state index contributed by atoms with van der Waals surface area (Å²) in [6.45, 7) is 3.79. The van der Waals surface area contributed by atoms with Crippen molar-refractivity contribution in [2.45, 2.75) is 19.9 Å². The van der Waals surface area contributed by atoms with Crippen LogP contribution in [0.2, 0.25) is 5.02 Å². The first-order valence-electron chi connectivity index (χ1n) is 5.15. The van der Waals surface area contributed by atoms with Gasteiger partial charge in [0.25, 0.3) is 0 Å². The fourth-order valence-corrected chi connectivity index (χ4v) is 1.71. The molecule has 0 aliphatic rings. The van der Waals surface area contributed by atoms with Gasteiger partial charge < -0.3 is 10.2 Å². The molecule has 0 fully saturated rings. The van der Waals surface area contributed by atoms with Crippen LogP contribution in [0.3, 0.4) is 0 Å². The highest BCUT2D eigenvalue weighted by molar-refractivity contribution is 6.33. The number of halogens is 1. The molecule has 1 amide bonds. The number of rotatable bonds is 3. The molecule has 3 nitrogen and oxygen atoms in total. The van der Waals surface area contributed by atoms with E-state index >= 15 is 0 Å². The summed E-state index contributed by atoms with van der Waals surface area (Å²) in [7, 11) is 3.47. The van der Waals surface area contributed by atoms with Gasteiger partial charge in [-0.3, -0.25) is 4.79 Å². The Labute approximate surface area is 101 Å². The second kappa shape index (κ2) is 5.21. The summed E-state index contributed by atoms with van der Waals surface area (Å²) in [6.07, 6.45) is 0. The molecular formula is C12H17ClN2O. The Morgan fingerprint density at radius 3 is 2.56 bits per heavy atom. The minimum atomic E-state index is -0.282. The molecular weight excluding hydrogens is 224 g/mol. The van der Waals surface area contributed by atoms with E-state index in [2.05, 4.69) is 5.32 Å². The summed E-state index contributed by atoms with van der Waals surface area (Å²) >= 11 is 6.07. The normalized spacial score (nSPS) is 12.1. The summed E-state index contributed by atoms with van der Waals surface area (Å²) in [5, 5.41) is 3.73. The maximum atomic E-state index is 11.6. The van der Waals surface area contributed by atoms with E-state index in [0.29, 0.717) is 5.02 Å². The smallest absolute Gasteiger partial charge is 0.244 e. The Bertz CT molecular complexity index is 391. The molecule has 1 unspecified atom stereocenters. The van der Waals surface area contributed by atoms with E-state index in [4.69, 9.17) is 11.6 Å². The Balaban J connectivity index is 2.77. The third-order valence-corrected chi connectivity index (χ3v) is 2.62. The molecule has 1 N–H and O–H groups in total. The number of benzene rings is 1. The number of anilines is 1. The van der Waals surface area contributed by atoms with Gasteiger partial charge in [0.05, 0.1) is 10.7 Å². The highest BCUT2D eigenvalue weighted by Crippen LogP contribution is 2.23. The quantitative estimate of drug-likeness (QED) is 0.881. The number of likely N-dealkylation sites (N-methyl/N-ethyl adjacent to an activating group) is 1. The molecule has 16 heavy (non-hydrogen) atoms. The summed E-state index contributed by atoms with van der Waals surface area (Å²) in [4.78, 5) is 13.2. The minimum Gasteiger partial charge on any atom is -0.373 e. The highest BCUT2D eigenvalue weighted by Gasteiger charge is 2.15. The van der Waals surface area contributed by atoms with Crippen molar-refractivity contribution >= 4 is 23.2 Å². The van der Waals surface area contributed by atoms with Gasteiger partial charge >= 0.3 is 0 Å². The second-order valence-corrected chi connectivity index (χ2v) is 4.49. The Hall–Kier alpha value is -1.22. The second-order valence-electron chi connectivity index (χ2n) is 4.08. The van der Waals surface area contributed by atoms with E-state index in [1.807, 2.05) is 32.0 Å². The zero-order chi connectivity index (χ0) is 12.3. The molecule has 1 aromatic carbocycles. The Morgan fingerprint density at radius 1 is 1.44 bits per heavy atom. The van der Waals surface area contributed by atoms with Gasteiger partial charge in [0.1, 0.15) is 6.04 Å². The number of amides is 1. The first-order chi connectivity index (χ1) is 7.41. The third-order valence-electron chi connectivity index (χ3n) is 2.31. The van der Waals surface area contributed by atoms with E-state index in [1.54, 1.807) is 19.0 Å². The number of nitrogens with one attached hydrogen (secondary N) is 1. The fourth-order valence-electron chi connectivity index (χ4n) is 1.42. The highest BCUT2D eigenvalue weighted by atomic mass is 35.5. The number of carbonyl (C=O) groups excluding carboxylic acids is 1. The van der Waals surface area contributed by atoms with Crippen molar-refractivity contribution in [2.75, 3.05) is 19.4 Å². The van der Waals surface area contributed by atoms with E-state index in [-0.39, 0.29) is 11.9 Å². The van der Waals surface area contributed by atoms with E-state index < -0.39 is 0 Å². The van der Waals surface area contributed by atoms with Gasteiger partial charge in [0, 0.05) is 14.1 Å². The van der Waals surface area contributed by atoms with Crippen LogP contribution >= 0.6 is 11.6 Å². The maximum absolute atomic E-state index is 11.6. The van der Waals surface area contributed by atoms with Crippen LogP contribution in [-0.2, 0) is 4.79 Å². The molecule has 1 atom stereocenters. The largest absolute Gasteiger partial charge is 0.373 e. The molecule has 0 spiro atoms. The van der Waals surface area contributed by atoms with Crippen molar-refractivity contribution in [3.05, 3.63) is 28.8 Å². The number of nitrogens with zero attached hydrogens (tertiary/aromatic N) is 1. The Kier molecular flexibility index (Phi) is 4.19. The topological polar surface area (TPSA) is 32.3 Å². The molecule has 1 rings (SSSR count). The third kappa shape index (κ3) is 3.14. The van der Waals surface area contributed by atoms with E-state index in [9.17, 15) is 4.79 Å². The van der Waals surface area contributed by atoms with Gasteiger partial charge in [-0.15, -0.1) is 0 Å². The SMILES string of the molecule is Cc1ccc(NC(C)C(=O)N(C)C)c(Cl)c1. The van der Waals surface area contributed by atoms with Crippen molar-refractivity contribution in [1.29, 1.82) is 0 Å². The molecule has 0 saturated carbocycles. The number of hydrogen-bond acceptors (Lipinski definition) is 2. The van der Waals surface area contributed by atoms with Crippen molar-refractivity contribution in [3.63, 3.8) is 0 Å². The van der Waals surface area contributed by atoms with E-state index in [1.165, 1.54) is 0 Å². The number of carbonyl (C=O) groups is 1. The molecule has 0 aliphatic carbocycles. The average Bonchev–Trinajstić information content (AvgIpc) is 2.20.